The lowest BCUT2D eigenvalue weighted by Crippen LogP contribution is -2.64. The van der Waals surface area contributed by atoms with E-state index in [1.54, 1.807) is 0 Å². The molecule has 1 fully saturated rings. The fraction of sp³-hybridized carbons (Fsp3) is 0.364. The number of aryl methyl sites for hydroxylation is 1. The second-order valence-electron chi connectivity index (χ2n) is 7.67. The number of anilines is 1. The molecular weight excluding hydrogens is 356 g/mol. The summed E-state index contributed by atoms with van der Waals surface area (Å²) in [6.07, 6.45) is 0.502. The van der Waals surface area contributed by atoms with Gasteiger partial charge in [-0.05, 0) is 37.6 Å². The number of β-amino-alcohol motifs (C(OH)–C–C–N with tert-alkyl or cyclic N) is 1. The van der Waals surface area contributed by atoms with E-state index in [4.69, 9.17) is 4.74 Å². The van der Waals surface area contributed by atoms with Gasteiger partial charge >= 0.3 is 0 Å². The van der Waals surface area contributed by atoms with E-state index in [1.807, 2.05) is 62.4 Å². The van der Waals surface area contributed by atoms with E-state index in [0.29, 0.717) is 17.9 Å². The number of hydrogen-bond acceptors (Lipinski definition) is 4. The standard InChI is InChI=1S/C22H24N2O4/c1-14-7-9-15(10-8-14)23-20(26)19-17-13-22(2,24(11-12-25)21(19)27)28-18-6-4-3-5-16(17)18/h3-10,17,19,25H,11-13H2,1-2H3,(H,23,26)/t17-,19-,22-/m1/s1. The van der Waals surface area contributed by atoms with Crippen LogP contribution in [0.25, 0.3) is 0 Å². The van der Waals surface area contributed by atoms with Crippen LogP contribution >= 0.6 is 0 Å². The zero-order valence-corrected chi connectivity index (χ0v) is 16.0. The fourth-order valence-corrected chi connectivity index (χ4v) is 4.31. The molecule has 2 heterocycles. The Balaban J connectivity index is 1.72. The lowest BCUT2D eigenvalue weighted by Gasteiger charge is -2.52. The van der Waals surface area contributed by atoms with Crippen molar-refractivity contribution in [2.24, 2.45) is 5.92 Å². The molecule has 0 aromatic heterocycles. The van der Waals surface area contributed by atoms with Gasteiger partial charge < -0.3 is 20.1 Å². The monoisotopic (exact) mass is 380 g/mol. The highest BCUT2D eigenvalue weighted by Crippen LogP contribution is 2.50. The maximum Gasteiger partial charge on any atom is 0.238 e. The Hall–Kier alpha value is -2.86. The minimum atomic E-state index is -0.876. The van der Waals surface area contributed by atoms with Crippen LogP contribution < -0.4 is 10.1 Å². The first-order valence-corrected chi connectivity index (χ1v) is 9.51. The second-order valence-corrected chi connectivity index (χ2v) is 7.67. The van der Waals surface area contributed by atoms with Gasteiger partial charge in [0.15, 0.2) is 5.72 Å². The molecule has 2 aromatic rings. The van der Waals surface area contributed by atoms with E-state index in [9.17, 15) is 14.7 Å². The smallest absolute Gasteiger partial charge is 0.238 e. The predicted octanol–water partition coefficient (Wildman–Crippen LogP) is 2.67. The van der Waals surface area contributed by atoms with Gasteiger partial charge in [-0.1, -0.05) is 35.9 Å². The van der Waals surface area contributed by atoms with Gasteiger partial charge in [-0.2, -0.15) is 0 Å². The average Bonchev–Trinajstić information content (AvgIpc) is 2.67. The number of aliphatic hydroxyl groups is 1. The summed E-state index contributed by atoms with van der Waals surface area (Å²) in [7, 11) is 0. The molecule has 6 nitrogen and oxygen atoms in total. The molecule has 4 rings (SSSR count). The van der Waals surface area contributed by atoms with Crippen molar-refractivity contribution < 1.29 is 19.4 Å². The van der Waals surface area contributed by atoms with Crippen LogP contribution in [-0.2, 0) is 9.59 Å². The molecule has 6 heteroatoms. The zero-order chi connectivity index (χ0) is 19.9. The molecule has 2 N–H and O–H groups in total. The highest BCUT2D eigenvalue weighted by molar-refractivity contribution is 6.08. The molecular formula is C22H24N2O4. The van der Waals surface area contributed by atoms with Gasteiger partial charge in [-0.25, -0.2) is 0 Å². The summed E-state index contributed by atoms with van der Waals surface area (Å²) >= 11 is 0. The van der Waals surface area contributed by atoms with Crippen molar-refractivity contribution in [3.63, 3.8) is 0 Å². The molecule has 146 valence electrons. The van der Waals surface area contributed by atoms with E-state index >= 15 is 0 Å². The molecule has 2 aliphatic heterocycles. The van der Waals surface area contributed by atoms with Crippen LogP contribution in [0.3, 0.4) is 0 Å². The van der Waals surface area contributed by atoms with E-state index in [0.717, 1.165) is 11.1 Å². The van der Waals surface area contributed by atoms with Crippen LogP contribution in [0.4, 0.5) is 5.69 Å². The second kappa shape index (κ2) is 6.95. The number of fused-ring (bicyclic) bond motifs is 4. The van der Waals surface area contributed by atoms with Crippen molar-refractivity contribution >= 4 is 17.5 Å². The molecule has 0 saturated carbocycles. The predicted molar refractivity (Wildman–Crippen MR) is 105 cm³/mol. The number of carbonyl (C=O) groups excluding carboxylic acids is 2. The number of hydrogen-bond donors (Lipinski definition) is 2. The molecule has 0 unspecified atom stereocenters. The average molecular weight is 380 g/mol. The molecule has 3 atom stereocenters. The molecule has 0 radical (unpaired) electrons. The summed E-state index contributed by atoms with van der Waals surface area (Å²) in [5.41, 5.74) is 1.75. The highest BCUT2D eigenvalue weighted by Gasteiger charge is 2.55. The number of para-hydroxylation sites is 1. The number of ether oxygens (including phenoxy) is 1. The van der Waals surface area contributed by atoms with Gasteiger partial charge in [0.05, 0.1) is 6.61 Å². The highest BCUT2D eigenvalue weighted by atomic mass is 16.5. The minimum Gasteiger partial charge on any atom is -0.468 e. The molecule has 1 saturated heterocycles. The van der Waals surface area contributed by atoms with E-state index < -0.39 is 11.6 Å². The number of likely N-dealkylation sites (tertiary alicyclic amines) is 1. The topological polar surface area (TPSA) is 78.9 Å². The Kier molecular flexibility index (Phi) is 4.59. The van der Waals surface area contributed by atoms with Gasteiger partial charge in [-0.15, -0.1) is 0 Å². The third kappa shape index (κ3) is 3.03. The maximum atomic E-state index is 13.3. The number of piperidine rings is 1. The largest absolute Gasteiger partial charge is 0.468 e. The first kappa shape index (κ1) is 18.5. The summed E-state index contributed by atoms with van der Waals surface area (Å²) in [5.74, 6) is -1.11. The third-order valence-corrected chi connectivity index (χ3v) is 5.68. The molecule has 0 aliphatic carbocycles. The minimum absolute atomic E-state index is 0.124. The van der Waals surface area contributed by atoms with Crippen LogP contribution in [0.2, 0.25) is 0 Å². The normalized spacial score (nSPS) is 25.7. The van der Waals surface area contributed by atoms with Crippen LogP contribution in [0.1, 0.15) is 30.4 Å². The Morgan fingerprint density at radius 1 is 1.25 bits per heavy atom. The number of aliphatic hydroxyl groups excluding tert-OH is 1. The Bertz CT molecular complexity index is 911. The van der Waals surface area contributed by atoms with Gasteiger partial charge in [-0.3, -0.25) is 9.59 Å². The maximum absolute atomic E-state index is 13.3. The molecule has 28 heavy (non-hydrogen) atoms. The molecule has 0 spiro atoms. The first-order valence-electron chi connectivity index (χ1n) is 9.51. The van der Waals surface area contributed by atoms with E-state index in [-0.39, 0.29) is 30.9 Å². The third-order valence-electron chi connectivity index (χ3n) is 5.68. The summed E-state index contributed by atoms with van der Waals surface area (Å²) in [4.78, 5) is 28.0. The van der Waals surface area contributed by atoms with E-state index in [1.165, 1.54) is 4.90 Å². The van der Waals surface area contributed by atoms with Crippen LogP contribution in [-0.4, -0.2) is 40.7 Å². The lowest BCUT2D eigenvalue weighted by atomic mass is 9.73. The van der Waals surface area contributed by atoms with Crippen molar-refractivity contribution in [1.82, 2.24) is 4.90 Å². The van der Waals surface area contributed by atoms with Crippen LogP contribution in [0.5, 0.6) is 5.75 Å². The van der Waals surface area contributed by atoms with Crippen molar-refractivity contribution in [1.29, 1.82) is 0 Å². The van der Waals surface area contributed by atoms with Gasteiger partial charge in [0.2, 0.25) is 11.8 Å². The summed E-state index contributed by atoms with van der Waals surface area (Å²) in [6, 6.07) is 15.0. The number of carbonyl (C=O) groups is 2. The number of amides is 2. The Labute approximate surface area is 164 Å². The van der Waals surface area contributed by atoms with Crippen molar-refractivity contribution in [3.05, 3.63) is 59.7 Å². The summed E-state index contributed by atoms with van der Waals surface area (Å²) in [6.45, 7) is 3.75. The van der Waals surface area contributed by atoms with Crippen molar-refractivity contribution in [2.75, 3.05) is 18.5 Å². The lowest BCUT2D eigenvalue weighted by molar-refractivity contribution is -0.176. The zero-order valence-electron chi connectivity index (χ0n) is 16.0. The molecule has 2 bridgehead atoms. The van der Waals surface area contributed by atoms with Gasteiger partial charge in [0.25, 0.3) is 0 Å². The molecule has 2 amide bonds. The Morgan fingerprint density at radius 2 is 1.96 bits per heavy atom. The first-order chi connectivity index (χ1) is 13.4. The van der Waals surface area contributed by atoms with Gasteiger partial charge in [0.1, 0.15) is 11.7 Å². The van der Waals surface area contributed by atoms with E-state index in [2.05, 4.69) is 5.32 Å². The quantitative estimate of drug-likeness (QED) is 0.800. The number of nitrogens with zero attached hydrogens (tertiary/aromatic N) is 1. The molecule has 2 aromatic carbocycles. The Morgan fingerprint density at radius 3 is 2.68 bits per heavy atom. The van der Waals surface area contributed by atoms with Crippen molar-refractivity contribution in [2.45, 2.75) is 31.9 Å². The summed E-state index contributed by atoms with van der Waals surface area (Å²) < 4.78 is 6.15. The van der Waals surface area contributed by atoms with Crippen LogP contribution in [0, 0.1) is 12.8 Å². The number of benzene rings is 2. The molecule has 2 aliphatic rings. The van der Waals surface area contributed by atoms with Crippen LogP contribution in [0.15, 0.2) is 48.5 Å². The fourth-order valence-electron chi connectivity index (χ4n) is 4.31. The summed E-state index contributed by atoms with van der Waals surface area (Å²) in [5, 5.41) is 12.4. The number of rotatable bonds is 4. The van der Waals surface area contributed by atoms with Crippen molar-refractivity contribution in [3.8, 4) is 5.75 Å². The SMILES string of the molecule is Cc1ccc(NC(=O)[C@@H]2C(=O)N(CCO)[C@@]3(C)C[C@@H]2c2ccccc2O3)cc1. The number of nitrogens with one attached hydrogen (secondary N) is 1. The van der Waals surface area contributed by atoms with Gasteiger partial charge in [0, 0.05) is 24.6 Å².